The molecule has 2 aliphatic rings. The van der Waals surface area contributed by atoms with Crippen LogP contribution in [0.4, 0.5) is 5.95 Å². The van der Waals surface area contributed by atoms with Gasteiger partial charge in [0.05, 0.1) is 7.11 Å². The number of benzene rings is 1. The monoisotopic (exact) mass is 406 g/mol. The van der Waals surface area contributed by atoms with Crippen LogP contribution in [0.25, 0.3) is 10.4 Å². The number of hydrogen-bond acceptors (Lipinski definition) is 6. The second-order valence-electron chi connectivity index (χ2n) is 7.56. The fourth-order valence-electron chi connectivity index (χ4n) is 4.41. The molecule has 5 rings (SSSR count). The SMILES string of the molecule is COc1ccnc(N2CC3CN(C(=O)c4ccccc4-c4cccs4)CC3C2)n1. The second-order valence-corrected chi connectivity index (χ2v) is 8.50. The van der Waals surface area contributed by atoms with E-state index in [0.29, 0.717) is 23.7 Å². The summed E-state index contributed by atoms with van der Waals surface area (Å²) >= 11 is 1.67. The standard InChI is InChI=1S/C22H22N4O2S/c1-28-20-8-9-23-22(24-20)26-13-15-11-25(12-16(15)14-26)21(27)18-6-3-2-5-17(18)19-7-4-10-29-19/h2-10,15-16H,11-14H2,1H3. The van der Waals surface area contributed by atoms with E-state index < -0.39 is 0 Å². The number of thiophene rings is 1. The van der Waals surface area contributed by atoms with Gasteiger partial charge in [-0.1, -0.05) is 24.3 Å². The number of nitrogens with zero attached hydrogens (tertiary/aromatic N) is 4. The van der Waals surface area contributed by atoms with Crippen LogP contribution in [0, 0.1) is 11.8 Å². The van der Waals surface area contributed by atoms with E-state index in [1.54, 1.807) is 30.7 Å². The summed E-state index contributed by atoms with van der Waals surface area (Å²) in [6.45, 7) is 3.30. The Morgan fingerprint density at radius 2 is 1.86 bits per heavy atom. The van der Waals surface area contributed by atoms with E-state index in [0.717, 1.165) is 42.2 Å². The third-order valence-electron chi connectivity index (χ3n) is 5.83. The molecule has 6 nitrogen and oxygen atoms in total. The number of ether oxygens (including phenoxy) is 1. The number of carbonyl (C=O) groups excluding carboxylic acids is 1. The Labute approximate surface area is 173 Å². The molecule has 1 aromatic carbocycles. The molecule has 0 spiro atoms. The smallest absolute Gasteiger partial charge is 0.254 e. The van der Waals surface area contributed by atoms with E-state index in [1.165, 1.54) is 0 Å². The highest BCUT2D eigenvalue weighted by Gasteiger charge is 2.42. The molecular weight excluding hydrogens is 384 g/mol. The summed E-state index contributed by atoms with van der Waals surface area (Å²) < 4.78 is 5.22. The predicted octanol–water partition coefficient (Wildman–Crippen LogP) is 3.42. The van der Waals surface area contributed by atoms with Gasteiger partial charge in [-0.15, -0.1) is 11.3 Å². The molecule has 3 aromatic rings. The van der Waals surface area contributed by atoms with Crippen molar-refractivity contribution in [2.24, 2.45) is 11.8 Å². The van der Waals surface area contributed by atoms with Crippen molar-refractivity contribution in [3.05, 3.63) is 59.6 Å². The van der Waals surface area contributed by atoms with E-state index in [4.69, 9.17) is 4.74 Å². The molecule has 4 heterocycles. The van der Waals surface area contributed by atoms with Gasteiger partial charge in [-0.05, 0) is 17.5 Å². The van der Waals surface area contributed by atoms with E-state index in [-0.39, 0.29) is 5.91 Å². The first-order valence-electron chi connectivity index (χ1n) is 9.77. The van der Waals surface area contributed by atoms with Crippen LogP contribution in [0.15, 0.2) is 54.0 Å². The highest BCUT2D eigenvalue weighted by atomic mass is 32.1. The van der Waals surface area contributed by atoms with Gasteiger partial charge in [-0.2, -0.15) is 4.98 Å². The molecule has 1 amide bonds. The second kappa shape index (κ2) is 7.48. The molecule has 0 bridgehead atoms. The fraction of sp³-hybridized carbons (Fsp3) is 0.318. The van der Waals surface area contributed by atoms with Crippen LogP contribution in [0.5, 0.6) is 5.88 Å². The minimum absolute atomic E-state index is 0.132. The Balaban J connectivity index is 1.30. The third kappa shape index (κ3) is 3.35. The zero-order valence-electron chi connectivity index (χ0n) is 16.2. The first-order valence-corrected chi connectivity index (χ1v) is 10.6. The van der Waals surface area contributed by atoms with Crippen LogP contribution >= 0.6 is 11.3 Å². The number of fused-ring (bicyclic) bond motifs is 1. The molecule has 2 atom stereocenters. The number of rotatable bonds is 4. The maximum absolute atomic E-state index is 13.3. The van der Waals surface area contributed by atoms with Gasteiger partial charge in [0.1, 0.15) is 0 Å². The molecular formula is C22H22N4O2S. The Morgan fingerprint density at radius 3 is 2.59 bits per heavy atom. The van der Waals surface area contributed by atoms with Gasteiger partial charge in [-0.25, -0.2) is 4.98 Å². The number of anilines is 1. The van der Waals surface area contributed by atoms with Crippen molar-refractivity contribution in [2.75, 3.05) is 38.2 Å². The van der Waals surface area contributed by atoms with Crippen molar-refractivity contribution in [2.45, 2.75) is 0 Å². The van der Waals surface area contributed by atoms with Crippen molar-refractivity contribution in [1.82, 2.24) is 14.9 Å². The Bertz CT molecular complexity index is 1010. The third-order valence-corrected chi connectivity index (χ3v) is 6.73. The number of methoxy groups -OCH3 is 1. The van der Waals surface area contributed by atoms with E-state index in [2.05, 4.69) is 20.9 Å². The van der Waals surface area contributed by atoms with E-state index >= 15 is 0 Å². The van der Waals surface area contributed by atoms with Gasteiger partial charge in [0.15, 0.2) is 0 Å². The molecule has 2 unspecified atom stereocenters. The molecule has 0 aliphatic carbocycles. The van der Waals surface area contributed by atoms with Crippen molar-refractivity contribution < 1.29 is 9.53 Å². The van der Waals surface area contributed by atoms with Crippen LogP contribution in [0.3, 0.4) is 0 Å². The molecule has 2 aliphatic heterocycles. The number of likely N-dealkylation sites (tertiary alicyclic amines) is 1. The molecule has 2 fully saturated rings. The van der Waals surface area contributed by atoms with Gasteiger partial charge in [0, 0.05) is 66.3 Å². The summed E-state index contributed by atoms with van der Waals surface area (Å²) in [5, 5.41) is 2.05. The Morgan fingerprint density at radius 1 is 1.07 bits per heavy atom. The number of amides is 1. The Kier molecular flexibility index (Phi) is 4.67. The number of aromatic nitrogens is 2. The molecule has 0 N–H and O–H groups in total. The quantitative estimate of drug-likeness (QED) is 0.664. The van der Waals surface area contributed by atoms with Gasteiger partial charge in [-0.3, -0.25) is 4.79 Å². The predicted molar refractivity (Wildman–Crippen MR) is 113 cm³/mol. The van der Waals surface area contributed by atoms with Crippen LogP contribution in [0.1, 0.15) is 10.4 Å². The fourth-order valence-corrected chi connectivity index (χ4v) is 5.17. The van der Waals surface area contributed by atoms with E-state index in [1.807, 2.05) is 40.6 Å². The average Bonchev–Trinajstić information content (AvgIpc) is 3.49. The highest BCUT2D eigenvalue weighted by Crippen LogP contribution is 2.35. The first kappa shape index (κ1) is 18.1. The van der Waals surface area contributed by atoms with Crippen molar-refractivity contribution in [3.63, 3.8) is 0 Å². The molecule has 0 radical (unpaired) electrons. The number of carbonyl (C=O) groups is 1. The molecule has 0 saturated carbocycles. The van der Waals surface area contributed by atoms with Crippen molar-refractivity contribution >= 4 is 23.2 Å². The lowest BCUT2D eigenvalue weighted by atomic mass is 10.0. The zero-order chi connectivity index (χ0) is 19.8. The minimum Gasteiger partial charge on any atom is -0.481 e. The maximum Gasteiger partial charge on any atom is 0.254 e. The summed E-state index contributed by atoms with van der Waals surface area (Å²) in [6, 6.07) is 13.8. The lowest BCUT2D eigenvalue weighted by molar-refractivity contribution is 0.0783. The highest BCUT2D eigenvalue weighted by molar-refractivity contribution is 7.13. The lowest BCUT2D eigenvalue weighted by Crippen LogP contribution is -2.34. The van der Waals surface area contributed by atoms with Gasteiger partial charge in [0.2, 0.25) is 11.8 Å². The summed E-state index contributed by atoms with van der Waals surface area (Å²) in [7, 11) is 1.61. The topological polar surface area (TPSA) is 58.6 Å². The van der Waals surface area contributed by atoms with Crippen LogP contribution in [-0.4, -0.2) is 54.1 Å². The first-order chi connectivity index (χ1) is 14.2. The van der Waals surface area contributed by atoms with Crippen molar-refractivity contribution in [1.29, 1.82) is 0 Å². The van der Waals surface area contributed by atoms with Gasteiger partial charge in [0.25, 0.3) is 5.91 Å². The average molecular weight is 407 g/mol. The maximum atomic E-state index is 13.3. The Hall–Kier alpha value is -2.93. The van der Waals surface area contributed by atoms with Gasteiger partial charge >= 0.3 is 0 Å². The number of hydrogen-bond donors (Lipinski definition) is 0. The van der Waals surface area contributed by atoms with Crippen LogP contribution < -0.4 is 9.64 Å². The van der Waals surface area contributed by atoms with E-state index in [9.17, 15) is 4.79 Å². The molecule has 7 heteroatoms. The lowest BCUT2D eigenvalue weighted by Gasteiger charge is -2.22. The zero-order valence-corrected chi connectivity index (χ0v) is 17.0. The summed E-state index contributed by atoms with van der Waals surface area (Å²) in [6.07, 6.45) is 1.73. The minimum atomic E-state index is 0.132. The molecule has 2 aromatic heterocycles. The normalized spacial score (nSPS) is 20.7. The molecule has 2 saturated heterocycles. The summed E-state index contributed by atoms with van der Waals surface area (Å²) in [5.74, 6) is 2.31. The summed E-state index contributed by atoms with van der Waals surface area (Å²) in [4.78, 5) is 27.5. The summed E-state index contributed by atoms with van der Waals surface area (Å²) in [5.41, 5.74) is 1.82. The van der Waals surface area contributed by atoms with Crippen LogP contribution in [-0.2, 0) is 0 Å². The van der Waals surface area contributed by atoms with Gasteiger partial charge < -0.3 is 14.5 Å². The molecule has 148 valence electrons. The van der Waals surface area contributed by atoms with Crippen LogP contribution in [0.2, 0.25) is 0 Å². The van der Waals surface area contributed by atoms with Crippen molar-refractivity contribution in [3.8, 4) is 16.3 Å². The largest absolute Gasteiger partial charge is 0.481 e. The molecule has 29 heavy (non-hydrogen) atoms.